The van der Waals surface area contributed by atoms with Crippen molar-refractivity contribution in [2.45, 2.75) is 32.7 Å². The van der Waals surface area contributed by atoms with Crippen LogP contribution in [0.25, 0.3) is 11.1 Å². The first kappa shape index (κ1) is 24.3. The normalized spacial score (nSPS) is 11.2. The molecule has 2 aromatic carbocycles. The van der Waals surface area contributed by atoms with Crippen molar-refractivity contribution in [2.75, 3.05) is 6.61 Å². The Kier molecular flexibility index (Phi) is 8.11. The van der Waals surface area contributed by atoms with Crippen LogP contribution in [0.1, 0.15) is 34.1 Å². The number of hydrogen-bond acceptors (Lipinski definition) is 5. The minimum absolute atomic E-state index is 0.243. The maximum absolute atomic E-state index is 12.5. The fourth-order valence-corrected chi connectivity index (χ4v) is 3.93. The van der Waals surface area contributed by atoms with E-state index in [2.05, 4.69) is 10.1 Å². The van der Waals surface area contributed by atoms with Crippen LogP contribution < -0.4 is 10.1 Å². The Hall–Kier alpha value is -3.33. The van der Waals surface area contributed by atoms with Gasteiger partial charge in [-0.05, 0) is 59.2 Å². The van der Waals surface area contributed by atoms with Crippen molar-refractivity contribution in [3.05, 3.63) is 76.0 Å². The van der Waals surface area contributed by atoms with Crippen LogP contribution in [0, 0.1) is 0 Å². The Bertz CT molecular complexity index is 1090. The van der Waals surface area contributed by atoms with Gasteiger partial charge in [0.05, 0.1) is 11.5 Å². The summed E-state index contributed by atoms with van der Waals surface area (Å²) in [7, 11) is 0. The number of thiophene rings is 1. The van der Waals surface area contributed by atoms with Gasteiger partial charge in [-0.15, -0.1) is 24.5 Å². The molecule has 1 heterocycles. The minimum Gasteiger partial charge on any atom is -0.466 e. The highest BCUT2D eigenvalue weighted by Gasteiger charge is 2.31. The lowest BCUT2D eigenvalue weighted by atomic mass is 10.1. The van der Waals surface area contributed by atoms with E-state index < -0.39 is 6.36 Å². The Morgan fingerprint density at radius 2 is 1.73 bits per heavy atom. The quantitative estimate of drug-likeness (QED) is 0.399. The molecular formula is C24H22F3NO4S. The van der Waals surface area contributed by atoms with E-state index in [-0.39, 0.29) is 17.6 Å². The molecule has 0 atom stereocenters. The number of carbonyl (C=O) groups excluding carboxylic acids is 2. The van der Waals surface area contributed by atoms with Crippen LogP contribution >= 0.6 is 11.3 Å². The number of aryl methyl sites for hydroxylation is 1. The first-order valence-corrected chi connectivity index (χ1v) is 11.1. The summed E-state index contributed by atoms with van der Waals surface area (Å²) in [6.07, 6.45) is -3.89. The second kappa shape index (κ2) is 11.0. The molecule has 1 amide bonds. The van der Waals surface area contributed by atoms with Crippen LogP contribution in [0.5, 0.6) is 5.75 Å². The van der Waals surface area contributed by atoms with E-state index in [0.29, 0.717) is 36.4 Å². The van der Waals surface area contributed by atoms with Gasteiger partial charge in [0.25, 0.3) is 5.91 Å². The Balaban J connectivity index is 1.56. The van der Waals surface area contributed by atoms with Gasteiger partial charge in [-0.3, -0.25) is 9.59 Å². The van der Waals surface area contributed by atoms with Crippen molar-refractivity contribution >= 4 is 23.2 Å². The molecule has 33 heavy (non-hydrogen) atoms. The summed E-state index contributed by atoms with van der Waals surface area (Å²) in [6.45, 7) is 2.44. The van der Waals surface area contributed by atoms with Crippen LogP contribution in [-0.2, 0) is 22.5 Å². The van der Waals surface area contributed by atoms with E-state index in [9.17, 15) is 22.8 Å². The van der Waals surface area contributed by atoms with Gasteiger partial charge in [-0.1, -0.05) is 36.4 Å². The summed E-state index contributed by atoms with van der Waals surface area (Å²) in [5.41, 5.74) is 3.28. The van der Waals surface area contributed by atoms with E-state index in [0.717, 1.165) is 16.7 Å². The van der Waals surface area contributed by atoms with Crippen LogP contribution in [0.15, 0.2) is 60.0 Å². The highest BCUT2D eigenvalue weighted by Crippen LogP contribution is 2.29. The third-order valence-electron chi connectivity index (χ3n) is 4.61. The van der Waals surface area contributed by atoms with Crippen molar-refractivity contribution in [2.24, 2.45) is 0 Å². The van der Waals surface area contributed by atoms with E-state index in [4.69, 9.17) is 4.74 Å². The molecule has 0 aliphatic rings. The standard InChI is InChI=1S/C24H22F3NO4S/c1-2-31-22(29)11-6-16-4-3-5-17(12-16)14-28-23(30)21-13-19(15-33-21)18-7-9-20(10-8-18)32-24(25,26)27/h3-5,7-10,12-13,15H,2,6,11,14H2,1H3,(H,28,30). The fraction of sp³-hybridized carbons (Fsp3) is 0.250. The Morgan fingerprint density at radius 3 is 2.42 bits per heavy atom. The first-order valence-electron chi connectivity index (χ1n) is 10.2. The lowest BCUT2D eigenvalue weighted by Crippen LogP contribution is -2.21. The fourth-order valence-electron chi connectivity index (χ4n) is 3.10. The largest absolute Gasteiger partial charge is 0.573 e. The molecule has 0 radical (unpaired) electrons. The van der Waals surface area contributed by atoms with E-state index >= 15 is 0 Å². The zero-order valence-corrected chi connectivity index (χ0v) is 18.6. The maximum Gasteiger partial charge on any atom is 0.573 e. The molecule has 174 valence electrons. The van der Waals surface area contributed by atoms with Gasteiger partial charge in [0.2, 0.25) is 0 Å². The molecule has 0 aliphatic heterocycles. The lowest BCUT2D eigenvalue weighted by Gasteiger charge is -2.08. The number of esters is 1. The monoisotopic (exact) mass is 477 g/mol. The van der Waals surface area contributed by atoms with Crippen LogP contribution in [0.4, 0.5) is 13.2 Å². The zero-order valence-electron chi connectivity index (χ0n) is 17.8. The highest BCUT2D eigenvalue weighted by atomic mass is 32.1. The average molecular weight is 478 g/mol. The number of nitrogens with one attached hydrogen (secondary N) is 1. The lowest BCUT2D eigenvalue weighted by molar-refractivity contribution is -0.274. The average Bonchev–Trinajstić information content (AvgIpc) is 3.26. The summed E-state index contributed by atoms with van der Waals surface area (Å²) in [5.74, 6) is -0.795. The van der Waals surface area contributed by atoms with Gasteiger partial charge in [0.15, 0.2) is 0 Å². The third kappa shape index (κ3) is 7.64. The highest BCUT2D eigenvalue weighted by molar-refractivity contribution is 7.12. The van der Waals surface area contributed by atoms with Gasteiger partial charge in [-0.25, -0.2) is 0 Å². The summed E-state index contributed by atoms with van der Waals surface area (Å²) >= 11 is 1.25. The molecule has 3 rings (SSSR count). The molecule has 0 unspecified atom stereocenters. The van der Waals surface area contributed by atoms with Crippen molar-refractivity contribution in [1.29, 1.82) is 0 Å². The van der Waals surface area contributed by atoms with Crippen LogP contribution in [-0.4, -0.2) is 24.8 Å². The predicted octanol–water partition coefficient (Wildman–Crippen LogP) is 5.74. The summed E-state index contributed by atoms with van der Waals surface area (Å²) in [4.78, 5) is 24.5. The summed E-state index contributed by atoms with van der Waals surface area (Å²) < 4.78 is 45.7. The van der Waals surface area contributed by atoms with Crippen molar-refractivity contribution in [1.82, 2.24) is 5.32 Å². The first-order chi connectivity index (χ1) is 15.7. The van der Waals surface area contributed by atoms with Crippen molar-refractivity contribution in [3.63, 3.8) is 0 Å². The van der Waals surface area contributed by atoms with E-state index in [1.54, 1.807) is 18.4 Å². The molecular weight excluding hydrogens is 455 g/mol. The number of ether oxygens (including phenoxy) is 2. The number of amides is 1. The zero-order chi connectivity index (χ0) is 23.8. The molecule has 0 aliphatic carbocycles. The molecule has 0 saturated carbocycles. The number of rotatable bonds is 9. The summed E-state index contributed by atoms with van der Waals surface area (Å²) in [6, 6.07) is 14.8. The number of alkyl halides is 3. The number of carbonyl (C=O) groups is 2. The molecule has 9 heteroatoms. The van der Waals surface area contributed by atoms with Gasteiger partial charge < -0.3 is 14.8 Å². The molecule has 0 spiro atoms. The molecule has 0 saturated heterocycles. The number of halogens is 3. The molecule has 1 N–H and O–H groups in total. The Labute approximate surface area is 193 Å². The van der Waals surface area contributed by atoms with Crippen LogP contribution in [0.3, 0.4) is 0 Å². The third-order valence-corrected chi connectivity index (χ3v) is 5.54. The maximum atomic E-state index is 12.5. The molecule has 3 aromatic rings. The van der Waals surface area contributed by atoms with E-state index in [1.807, 2.05) is 24.3 Å². The van der Waals surface area contributed by atoms with E-state index in [1.165, 1.54) is 35.6 Å². The molecule has 1 aromatic heterocycles. The smallest absolute Gasteiger partial charge is 0.466 e. The van der Waals surface area contributed by atoms with Crippen molar-refractivity contribution < 1.29 is 32.2 Å². The van der Waals surface area contributed by atoms with Gasteiger partial charge in [0, 0.05) is 13.0 Å². The minimum atomic E-state index is -4.74. The van der Waals surface area contributed by atoms with Crippen LogP contribution in [0.2, 0.25) is 0 Å². The molecule has 0 bridgehead atoms. The van der Waals surface area contributed by atoms with Gasteiger partial charge in [-0.2, -0.15) is 0 Å². The number of benzene rings is 2. The second-order valence-electron chi connectivity index (χ2n) is 7.08. The molecule has 5 nitrogen and oxygen atoms in total. The van der Waals surface area contributed by atoms with Gasteiger partial charge in [0.1, 0.15) is 5.75 Å². The SMILES string of the molecule is CCOC(=O)CCc1cccc(CNC(=O)c2cc(-c3ccc(OC(F)(F)F)cc3)cs2)c1. The predicted molar refractivity (Wildman–Crippen MR) is 119 cm³/mol. The van der Waals surface area contributed by atoms with Gasteiger partial charge >= 0.3 is 12.3 Å². The topological polar surface area (TPSA) is 64.6 Å². The second-order valence-corrected chi connectivity index (χ2v) is 7.99. The Morgan fingerprint density at radius 1 is 1.00 bits per heavy atom. The molecule has 0 fully saturated rings. The van der Waals surface area contributed by atoms with Crippen molar-refractivity contribution in [3.8, 4) is 16.9 Å². The number of hydrogen-bond donors (Lipinski definition) is 1. The summed E-state index contributed by atoms with van der Waals surface area (Å²) in [5, 5.41) is 4.63.